The molecule has 52 heavy (non-hydrogen) atoms. The number of aromatic nitrogens is 3. The van der Waals surface area contributed by atoms with E-state index in [4.69, 9.17) is 19.4 Å². The Kier molecular flexibility index (Phi) is 7.14. The van der Waals surface area contributed by atoms with Gasteiger partial charge in [0.1, 0.15) is 11.2 Å². The number of allylic oxidation sites excluding steroid dienone is 1. The summed E-state index contributed by atoms with van der Waals surface area (Å²) in [6.45, 7) is 2.26. The predicted octanol–water partition coefficient (Wildman–Crippen LogP) is 12.3. The summed E-state index contributed by atoms with van der Waals surface area (Å²) in [5.41, 5.74) is 11.9. The van der Waals surface area contributed by atoms with Gasteiger partial charge in [-0.3, -0.25) is 0 Å². The Morgan fingerprint density at radius 2 is 1.17 bits per heavy atom. The highest BCUT2D eigenvalue weighted by molar-refractivity contribution is 6.12. The van der Waals surface area contributed by atoms with Crippen molar-refractivity contribution in [3.63, 3.8) is 0 Å². The van der Waals surface area contributed by atoms with E-state index in [1.807, 2.05) is 18.2 Å². The molecule has 1 unspecified atom stereocenters. The summed E-state index contributed by atoms with van der Waals surface area (Å²) in [6.07, 6.45) is 3.20. The summed E-state index contributed by atoms with van der Waals surface area (Å²) < 4.78 is 6.23. The number of benzene rings is 7. The normalized spacial score (nSPS) is 14.1. The van der Waals surface area contributed by atoms with Gasteiger partial charge in [0.05, 0.1) is 0 Å². The molecule has 246 valence electrons. The Bertz CT molecular complexity index is 2850. The van der Waals surface area contributed by atoms with E-state index in [1.54, 1.807) is 0 Å². The van der Waals surface area contributed by atoms with Crippen LogP contribution in [0.3, 0.4) is 0 Å². The molecule has 0 aliphatic heterocycles. The predicted molar refractivity (Wildman–Crippen MR) is 214 cm³/mol. The van der Waals surface area contributed by atoms with Gasteiger partial charge < -0.3 is 4.42 Å². The van der Waals surface area contributed by atoms with E-state index < -0.39 is 0 Å². The van der Waals surface area contributed by atoms with Gasteiger partial charge in [-0.2, -0.15) is 0 Å². The molecule has 0 N–H and O–H groups in total. The van der Waals surface area contributed by atoms with Crippen LogP contribution in [0.2, 0.25) is 0 Å². The minimum absolute atomic E-state index is 0.256. The van der Waals surface area contributed by atoms with E-state index in [2.05, 4.69) is 153 Å². The maximum Gasteiger partial charge on any atom is 0.164 e. The monoisotopic (exact) mass is 667 g/mol. The first-order valence-electron chi connectivity index (χ1n) is 17.8. The second kappa shape index (κ2) is 12.3. The van der Waals surface area contributed by atoms with Crippen LogP contribution in [0.25, 0.3) is 89.4 Å². The smallest absolute Gasteiger partial charge is 0.164 e. The lowest BCUT2D eigenvalue weighted by molar-refractivity contribution is 0.669. The Labute approximate surface area is 301 Å². The summed E-state index contributed by atoms with van der Waals surface area (Å²) >= 11 is 0. The quantitative estimate of drug-likeness (QED) is 0.183. The number of hydrogen-bond donors (Lipinski definition) is 0. The van der Waals surface area contributed by atoms with Crippen LogP contribution in [-0.4, -0.2) is 15.0 Å². The molecule has 0 saturated carbocycles. The molecule has 9 aromatic rings. The molecule has 2 heterocycles. The standard InChI is InChI=1S/C48H33N3O/c1-30-26-34-11-4-5-13-36(34)29-42(30)48-50-46(33-23-20-32(21-24-33)37-25-22-31-10-2-3-12-35(31)27-37)49-47(51-48)39-15-8-14-38(28-39)40-17-9-19-44-45(40)41-16-6-7-18-43(41)52-44/h2-25,27-30H,26H2,1H3. The molecule has 1 aliphatic carbocycles. The molecule has 7 aromatic carbocycles. The van der Waals surface area contributed by atoms with Crippen molar-refractivity contribution in [3.8, 4) is 45.0 Å². The highest BCUT2D eigenvalue weighted by Gasteiger charge is 2.23. The van der Waals surface area contributed by atoms with Crippen molar-refractivity contribution in [2.24, 2.45) is 5.92 Å². The Hall–Kier alpha value is -6.65. The van der Waals surface area contributed by atoms with Gasteiger partial charge in [0.2, 0.25) is 0 Å². The second-order valence-electron chi connectivity index (χ2n) is 13.7. The first-order valence-corrected chi connectivity index (χ1v) is 17.8. The average Bonchev–Trinajstić information content (AvgIpc) is 3.59. The lowest BCUT2D eigenvalue weighted by Gasteiger charge is -2.22. The Morgan fingerprint density at radius 3 is 2.08 bits per heavy atom. The van der Waals surface area contributed by atoms with Crippen molar-refractivity contribution in [1.82, 2.24) is 15.0 Å². The van der Waals surface area contributed by atoms with Crippen molar-refractivity contribution < 1.29 is 4.42 Å². The minimum atomic E-state index is 0.256. The third-order valence-corrected chi connectivity index (χ3v) is 10.4. The highest BCUT2D eigenvalue weighted by Crippen LogP contribution is 2.39. The fraction of sp³-hybridized carbons (Fsp3) is 0.0625. The first-order chi connectivity index (χ1) is 25.6. The lowest BCUT2D eigenvalue weighted by atomic mass is 9.84. The molecule has 0 fully saturated rings. The van der Waals surface area contributed by atoms with Gasteiger partial charge >= 0.3 is 0 Å². The largest absolute Gasteiger partial charge is 0.456 e. The van der Waals surface area contributed by atoms with E-state index in [0.29, 0.717) is 17.5 Å². The zero-order chi connectivity index (χ0) is 34.6. The van der Waals surface area contributed by atoms with Gasteiger partial charge in [0.25, 0.3) is 0 Å². The van der Waals surface area contributed by atoms with E-state index in [9.17, 15) is 0 Å². The number of nitrogens with zero attached hydrogens (tertiary/aromatic N) is 3. The van der Waals surface area contributed by atoms with Crippen molar-refractivity contribution in [1.29, 1.82) is 0 Å². The maximum atomic E-state index is 6.23. The zero-order valence-corrected chi connectivity index (χ0v) is 28.6. The summed E-state index contributed by atoms with van der Waals surface area (Å²) in [4.78, 5) is 15.5. The number of hydrogen-bond acceptors (Lipinski definition) is 4. The molecule has 0 spiro atoms. The van der Waals surface area contributed by atoms with Crippen molar-refractivity contribution >= 4 is 44.4 Å². The highest BCUT2D eigenvalue weighted by atomic mass is 16.3. The van der Waals surface area contributed by atoms with Gasteiger partial charge in [0.15, 0.2) is 17.5 Å². The minimum Gasteiger partial charge on any atom is -0.456 e. The van der Waals surface area contributed by atoms with Gasteiger partial charge in [-0.25, -0.2) is 15.0 Å². The van der Waals surface area contributed by atoms with Crippen LogP contribution in [0, 0.1) is 5.92 Å². The molecule has 1 aliphatic rings. The molecule has 10 rings (SSSR count). The van der Waals surface area contributed by atoms with Crippen molar-refractivity contribution in [2.75, 3.05) is 0 Å². The first kappa shape index (κ1) is 30.2. The molecule has 0 bridgehead atoms. The van der Waals surface area contributed by atoms with E-state index in [-0.39, 0.29) is 5.92 Å². The van der Waals surface area contributed by atoms with Crippen LogP contribution < -0.4 is 0 Å². The number of furan rings is 1. The number of rotatable bonds is 5. The number of para-hydroxylation sites is 1. The average molecular weight is 668 g/mol. The third kappa shape index (κ3) is 5.28. The van der Waals surface area contributed by atoms with Crippen LogP contribution in [-0.2, 0) is 6.42 Å². The lowest BCUT2D eigenvalue weighted by Crippen LogP contribution is -2.13. The fourth-order valence-electron chi connectivity index (χ4n) is 7.68. The fourth-order valence-corrected chi connectivity index (χ4v) is 7.68. The van der Waals surface area contributed by atoms with Gasteiger partial charge in [-0.15, -0.1) is 0 Å². The van der Waals surface area contributed by atoms with E-state index in [0.717, 1.165) is 61.7 Å². The van der Waals surface area contributed by atoms with E-state index in [1.165, 1.54) is 27.5 Å². The molecule has 4 heteroatoms. The molecule has 2 aromatic heterocycles. The van der Waals surface area contributed by atoms with Gasteiger partial charge in [0, 0.05) is 27.5 Å². The van der Waals surface area contributed by atoms with Crippen molar-refractivity contribution in [2.45, 2.75) is 13.3 Å². The molecule has 1 atom stereocenters. The van der Waals surface area contributed by atoms with Crippen LogP contribution in [0.4, 0.5) is 0 Å². The van der Waals surface area contributed by atoms with Crippen LogP contribution in [0.15, 0.2) is 162 Å². The summed E-state index contributed by atoms with van der Waals surface area (Å²) in [7, 11) is 0. The van der Waals surface area contributed by atoms with Crippen molar-refractivity contribution in [3.05, 3.63) is 175 Å². The topological polar surface area (TPSA) is 51.8 Å². The third-order valence-electron chi connectivity index (χ3n) is 10.4. The molecular weight excluding hydrogens is 635 g/mol. The maximum absolute atomic E-state index is 6.23. The van der Waals surface area contributed by atoms with E-state index >= 15 is 0 Å². The summed E-state index contributed by atoms with van der Waals surface area (Å²) in [5, 5.41) is 4.68. The van der Waals surface area contributed by atoms with Gasteiger partial charge in [-0.05, 0) is 86.8 Å². The molecule has 4 nitrogen and oxygen atoms in total. The molecule has 0 saturated heterocycles. The molecular formula is C48H33N3O. The van der Waals surface area contributed by atoms with Crippen LogP contribution in [0.1, 0.15) is 23.9 Å². The molecule has 0 radical (unpaired) electrons. The number of fused-ring (bicyclic) bond motifs is 5. The SMILES string of the molecule is CC1Cc2ccccc2C=C1c1nc(-c2ccc(-c3ccc4ccccc4c3)cc2)nc(-c2cccc(-c3cccc4oc5ccccc5c34)c2)n1. The van der Waals surface area contributed by atoms with Gasteiger partial charge in [-0.1, -0.05) is 140 Å². The summed E-state index contributed by atoms with van der Waals surface area (Å²) in [6, 6.07) is 55.3. The molecule has 0 amide bonds. The van der Waals surface area contributed by atoms with Crippen LogP contribution in [0.5, 0.6) is 0 Å². The summed E-state index contributed by atoms with van der Waals surface area (Å²) in [5.74, 6) is 2.28. The Morgan fingerprint density at radius 1 is 0.500 bits per heavy atom. The van der Waals surface area contributed by atoms with Crippen LogP contribution >= 0.6 is 0 Å². The second-order valence-corrected chi connectivity index (χ2v) is 13.7. The Balaban J connectivity index is 1.10. The zero-order valence-electron chi connectivity index (χ0n) is 28.6.